The molecule has 1 aromatic rings. The van der Waals surface area contributed by atoms with Gasteiger partial charge in [0, 0.05) is 24.7 Å². The van der Waals surface area contributed by atoms with Gasteiger partial charge >= 0.3 is 17.8 Å². The molecule has 5 N–H and O–H groups in total. The highest BCUT2D eigenvalue weighted by Gasteiger charge is 2.56. The second kappa shape index (κ2) is 8.03. The topological polar surface area (TPSA) is 154 Å². The molecule has 28 heavy (non-hydrogen) atoms. The Morgan fingerprint density at radius 3 is 2.54 bits per heavy atom. The molecule has 0 spiro atoms. The van der Waals surface area contributed by atoms with Crippen LogP contribution in [0.25, 0.3) is 0 Å². The number of H-pyrrole nitrogens is 1. The number of aliphatic hydroxyl groups excluding tert-OH is 3. The van der Waals surface area contributed by atoms with Crippen molar-refractivity contribution < 1.29 is 38.0 Å². The van der Waals surface area contributed by atoms with E-state index in [1.165, 1.54) is 6.92 Å². The Hall–Kier alpha value is -2.22. The molecule has 1 unspecified atom stereocenters. The summed E-state index contributed by atoms with van der Waals surface area (Å²) in [6, 6.07) is -0.320. The number of amides is 1. The molecule has 0 aromatic carbocycles. The third-order valence-corrected chi connectivity index (χ3v) is 4.56. The summed E-state index contributed by atoms with van der Waals surface area (Å²) in [5.41, 5.74) is -3.98. The summed E-state index contributed by atoms with van der Waals surface area (Å²) in [4.78, 5) is 36.8. The van der Waals surface area contributed by atoms with Gasteiger partial charge in [0.15, 0.2) is 5.72 Å². The Morgan fingerprint density at radius 2 is 2.07 bits per heavy atom. The van der Waals surface area contributed by atoms with Crippen molar-refractivity contribution in [2.24, 2.45) is 0 Å². The van der Waals surface area contributed by atoms with E-state index in [1.54, 1.807) is 5.32 Å². The standard InChI is InChI=1S/C15H20F3N3O7/c1-2-7(19-12(26)15(16,17)18)5-14(11(25)10(24)8(6-22)28-14)21-4-3-9(23)20-13(21)27/h3-4,7-8,10-11,22,24-25H,2,5-6H2,1H3,(H,19,26)(H,20,23,27)/t7?,8-,10-,11-,14-/m1/s1. The van der Waals surface area contributed by atoms with Crippen LogP contribution in [0.15, 0.2) is 21.9 Å². The predicted molar refractivity (Wildman–Crippen MR) is 86.2 cm³/mol. The molecule has 0 aliphatic carbocycles. The van der Waals surface area contributed by atoms with Crippen LogP contribution in [0, 0.1) is 0 Å². The van der Waals surface area contributed by atoms with Gasteiger partial charge in [0.2, 0.25) is 0 Å². The van der Waals surface area contributed by atoms with E-state index in [4.69, 9.17) is 4.74 Å². The van der Waals surface area contributed by atoms with Gasteiger partial charge in [-0.1, -0.05) is 6.92 Å². The van der Waals surface area contributed by atoms with Gasteiger partial charge < -0.3 is 25.4 Å². The number of ether oxygens (including phenoxy) is 1. The lowest BCUT2D eigenvalue weighted by Crippen LogP contribution is -2.55. The first-order chi connectivity index (χ1) is 13.0. The molecule has 2 rings (SSSR count). The van der Waals surface area contributed by atoms with Crippen molar-refractivity contribution in [3.63, 3.8) is 0 Å². The smallest absolute Gasteiger partial charge is 0.394 e. The molecule has 0 bridgehead atoms. The highest BCUT2D eigenvalue weighted by molar-refractivity contribution is 5.81. The van der Waals surface area contributed by atoms with Crippen molar-refractivity contribution in [1.29, 1.82) is 0 Å². The Bertz CT molecular complexity index is 824. The number of carbonyl (C=O) groups excluding carboxylic acids is 1. The number of carbonyl (C=O) groups is 1. The maximum Gasteiger partial charge on any atom is 0.471 e. The summed E-state index contributed by atoms with van der Waals surface area (Å²) >= 11 is 0. The van der Waals surface area contributed by atoms with E-state index in [1.807, 2.05) is 4.98 Å². The van der Waals surface area contributed by atoms with E-state index in [0.717, 1.165) is 12.3 Å². The van der Waals surface area contributed by atoms with Gasteiger partial charge in [0.25, 0.3) is 5.56 Å². The minimum Gasteiger partial charge on any atom is -0.394 e. The molecule has 1 aliphatic rings. The van der Waals surface area contributed by atoms with Crippen LogP contribution in [-0.2, 0) is 15.3 Å². The molecule has 13 heteroatoms. The lowest BCUT2D eigenvalue weighted by Gasteiger charge is -2.36. The first-order valence-electron chi connectivity index (χ1n) is 8.31. The number of hydrogen-bond acceptors (Lipinski definition) is 7. The maximum absolute atomic E-state index is 12.6. The number of hydrogen-bond donors (Lipinski definition) is 5. The van der Waals surface area contributed by atoms with E-state index in [-0.39, 0.29) is 6.42 Å². The Morgan fingerprint density at radius 1 is 1.43 bits per heavy atom. The second-order valence-corrected chi connectivity index (χ2v) is 6.38. The van der Waals surface area contributed by atoms with Crippen LogP contribution in [0.5, 0.6) is 0 Å². The van der Waals surface area contributed by atoms with Gasteiger partial charge in [-0.2, -0.15) is 13.2 Å². The SMILES string of the molecule is CCC(C[C@@]1(n2ccc(=O)[nH]c2=O)O[C@H](CO)[C@@H](O)[C@H]1O)NC(=O)C(F)(F)F. The van der Waals surface area contributed by atoms with Crippen molar-refractivity contribution in [3.8, 4) is 0 Å². The van der Waals surface area contributed by atoms with E-state index in [0.29, 0.717) is 4.57 Å². The fourth-order valence-electron chi connectivity index (χ4n) is 3.12. The normalized spacial score (nSPS) is 28.9. The van der Waals surface area contributed by atoms with Crippen LogP contribution in [0.4, 0.5) is 13.2 Å². The lowest BCUT2D eigenvalue weighted by atomic mass is 9.93. The Kier molecular flexibility index (Phi) is 6.33. The van der Waals surface area contributed by atoms with Gasteiger partial charge in [0.05, 0.1) is 6.61 Å². The van der Waals surface area contributed by atoms with Gasteiger partial charge in [-0.25, -0.2) is 4.79 Å². The largest absolute Gasteiger partial charge is 0.471 e. The average Bonchev–Trinajstić information content (AvgIpc) is 2.85. The quantitative estimate of drug-likeness (QED) is 0.368. The van der Waals surface area contributed by atoms with Crippen molar-refractivity contribution in [3.05, 3.63) is 33.1 Å². The monoisotopic (exact) mass is 411 g/mol. The number of alkyl halides is 3. The van der Waals surface area contributed by atoms with Crippen LogP contribution in [0.1, 0.15) is 19.8 Å². The van der Waals surface area contributed by atoms with Crippen LogP contribution >= 0.6 is 0 Å². The molecule has 0 saturated carbocycles. The molecule has 158 valence electrons. The molecule has 10 nitrogen and oxygen atoms in total. The minimum atomic E-state index is -5.16. The molecule has 2 heterocycles. The summed E-state index contributed by atoms with van der Waals surface area (Å²) in [5, 5.41) is 31.7. The number of nitrogens with zero attached hydrogens (tertiary/aromatic N) is 1. The molecule has 1 fully saturated rings. The van der Waals surface area contributed by atoms with E-state index in [2.05, 4.69) is 0 Å². The van der Waals surface area contributed by atoms with Gasteiger partial charge in [0.1, 0.15) is 18.3 Å². The van der Waals surface area contributed by atoms with Crippen LogP contribution in [0.3, 0.4) is 0 Å². The Labute approximate surface area is 155 Å². The van der Waals surface area contributed by atoms with Crippen molar-refractivity contribution in [2.75, 3.05) is 6.61 Å². The van der Waals surface area contributed by atoms with Crippen molar-refractivity contribution >= 4 is 5.91 Å². The number of aromatic amines is 1. The fraction of sp³-hybridized carbons (Fsp3) is 0.667. The molecule has 5 atom stereocenters. The zero-order chi connectivity index (χ0) is 21.3. The summed E-state index contributed by atoms with van der Waals surface area (Å²) in [5.74, 6) is -2.23. The Balaban J connectivity index is 2.49. The first kappa shape index (κ1) is 22.1. The van der Waals surface area contributed by atoms with Crippen molar-refractivity contribution in [2.45, 2.75) is 56.0 Å². The number of aliphatic hydroxyl groups is 3. The second-order valence-electron chi connectivity index (χ2n) is 6.38. The molecule has 0 radical (unpaired) electrons. The number of aromatic nitrogens is 2. The molecule has 1 saturated heterocycles. The summed E-state index contributed by atoms with van der Waals surface area (Å²) in [6.45, 7) is 0.690. The van der Waals surface area contributed by atoms with E-state index in [9.17, 15) is 42.9 Å². The molecule has 1 amide bonds. The number of nitrogens with one attached hydrogen (secondary N) is 2. The highest BCUT2D eigenvalue weighted by Crippen LogP contribution is 2.39. The average molecular weight is 411 g/mol. The molecular formula is C15H20F3N3O7. The number of rotatable bonds is 6. The third kappa shape index (κ3) is 4.11. The van der Waals surface area contributed by atoms with Crippen molar-refractivity contribution in [1.82, 2.24) is 14.9 Å². The summed E-state index contributed by atoms with van der Waals surface area (Å²) in [7, 11) is 0. The van der Waals surface area contributed by atoms with Crippen LogP contribution in [0.2, 0.25) is 0 Å². The van der Waals surface area contributed by atoms with E-state index >= 15 is 0 Å². The van der Waals surface area contributed by atoms with Crippen LogP contribution in [-0.4, -0.2) is 67.9 Å². The predicted octanol–water partition coefficient (Wildman–Crippen LogP) is -1.85. The molecule has 1 aromatic heterocycles. The molecule has 1 aliphatic heterocycles. The lowest BCUT2D eigenvalue weighted by molar-refractivity contribution is -0.178. The first-order valence-corrected chi connectivity index (χ1v) is 8.31. The minimum absolute atomic E-state index is 0.0440. The van der Waals surface area contributed by atoms with Gasteiger partial charge in [-0.05, 0) is 6.42 Å². The summed E-state index contributed by atoms with van der Waals surface area (Å²) in [6.07, 6.45) is -9.72. The van der Waals surface area contributed by atoms with Gasteiger partial charge in [-0.15, -0.1) is 0 Å². The zero-order valence-corrected chi connectivity index (χ0v) is 14.6. The number of halogens is 3. The fourth-order valence-corrected chi connectivity index (χ4v) is 3.12. The van der Waals surface area contributed by atoms with Gasteiger partial charge in [-0.3, -0.25) is 19.1 Å². The zero-order valence-electron chi connectivity index (χ0n) is 14.6. The summed E-state index contributed by atoms with van der Waals surface area (Å²) < 4.78 is 43.9. The highest BCUT2D eigenvalue weighted by atomic mass is 19.4. The van der Waals surface area contributed by atoms with E-state index < -0.39 is 66.4 Å². The third-order valence-electron chi connectivity index (χ3n) is 4.56. The maximum atomic E-state index is 12.6. The molecular weight excluding hydrogens is 391 g/mol. The van der Waals surface area contributed by atoms with Crippen LogP contribution < -0.4 is 16.6 Å².